The molecule has 1 aromatic heterocycles. The molecule has 0 radical (unpaired) electrons. The molecule has 4 heteroatoms. The van der Waals surface area contributed by atoms with Gasteiger partial charge in [0.1, 0.15) is 0 Å². The molecule has 0 aliphatic carbocycles. The van der Waals surface area contributed by atoms with E-state index in [4.69, 9.17) is 0 Å². The molecule has 0 aliphatic heterocycles. The van der Waals surface area contributed by atoms with Crippen LogP contribution in [0.1, 0.15) is 38.4 Å². The van der Waals surface area contributed by atoms with Gasteiger partial charge in [0.25, 0.3) is 0 Å². The average molecular weight is 272 g/mol. The Kier molecular flexibility index (Phi) is 5.30. The monoisotopic (exact) mass is 272 g/mol. The zero-order valence-corrected chi connectivity index (χ0v) is 12.6. The van der Waals surface area contributed by atoms with E-state index >= 15 is 0 Å². The average Bonchev–Trinajstić information content (AvgIpc) is 2.88. The minimum atomic E-state index is 0.649. The van der Waals surface area contributed by atoms with Crippen molar-refractivity contribution in [3.8, 4) is 5.69 Å². The molecule has 0 unspecified atom stereocenters. The predicted molar refractivity (Wildman–Crippen MR) is 81.9 cm³/mol. The summed E-state index contributed by atoms with van der Waals surface area (Å²) in [6, 6.07) is 8.53. The first-order valence-corrected chi connectivity index (χ1v) is 7.40. The summed E-state index contributed by atoms with van der Waals surface area (Å²) in [5, 5.41) is 11.8. The fourth-order valence-corrected chi connectivity index (χ4v) is 2.10. The lowest BCUT2D eigenvalue weighted by Crippen LogP contribution is -2.19. The van der Waals surface area contributed by atoms with E-state index in [1.165, 1.54) is 12.0 Å². The van der Waals surface area contributed by atoms with Gasteiger partial charge in [-0.2, -0.15) is 0 Å². The summed E-state index contributed by atoms with van der Waals surface area (Å²) < 4.78 is 1.84. The topological polar surface area (TPSA) is 42.7 Å². The SMILES string of the molecule is CCCc1ccc(-n2cc(CNCC(C)C)nn2)cc1. The highest BCUT2D eigenvalue weighted by Crippen LogP contribution is 2.10. The van der Waals surface area contributed by atoms with E-state index in [1.807, 2.05) is 10.9 Å². The molecule has 4 nitrogen and oxygen atoms in total. The number of aromatic nitrogens is 3. The van der Waals surface area contributed by atoms with Gasteiger partial charge in [0, 0.05) is 6.54 Å². The van der Waals surface area contributed by atoms with Crippen LogP contribution in [0.2, 0.25) is 0 Å². The molecule has 1 aromatic carbocycles. The molecule has 0 atom stereocenters. The largest absolute Gasteiger partial charge is 0.311 e. The smallest absolute Gasteiger partial charge is 0.0969 e. The Morgan fingerprint density at radius 2 is 1.95 bits per heavy atom. The molecule has 2 aromatic rings. The van der Waals surface area contributed by atoms with Crippen LogP contribution in [-0.2, 0) is 13.0 Å². The van der Waals surface area contributed by atoms with Crippen LogP contribution in [0.25, 0.3) is 5.69 Å². The van der Waals surface area contributed by atoms with Crippen molar-refractivity contribution in [3.05, 3.63) is 41.7 Å². The van der Waals surface area contributed by atoms with Crippen LogP contribution < -0.4 is 5.32 Å². The van der Waals surface area contributed by atoms with Crippen molar-refractivity contribution < 1.29 is 0 Å². The summed E-state index contributed by atoms with van der Waals surface area (Å²) >= 11 is 0. The van der Waals surface area contributed by atoms with Gasteiger partial charge in [-0.1, -0.05) is 44.5 Å². The maximum Gasteiger partial charge on any atom is 0.0969 e. The minimum absolute atomic E-state index is 0.649. The molecule has 0 amide bonds. The number of aryl methyl sites for hydroxylation is 1. The molecule has 1 heterocycles. The van der Waals surface area contributed by atoms with Gasteiger partial charge in [-0.15, -0.1) is 5.10 Å². The fraction of sp³-hybridized carbons (Fsp3) is 0.500. The maximum absolute atomic E-state index is 4.20. The van der Waals surface area contributed by atoms with Crippen molar-refractivity contribution >= 4 is 0 Å². The fourth-order valence-electron chi connectivity index (χ4n) is 2.10. The third-order valence-electron chi connectivity index (χ3n) is 3.14. The summed E-state index contributed by atoms with van der Waals surface area (Å²) in [6.07, 6.45) is 4.29. The Bertz CT molecular complexity index is 514. The van der Waals surface area contributed by atoms with Crippen molar-refractivity contribution in [1.29, 1.82) is 0 Å². The highest BCUT2D eigenvalue weighted by atomic mass is 15.4. The number of hydrogen-bond donors (Lipinski definition) is 1. The van der Waals surface area contributed by atoms with Crippen molar-refractivity contribution in [1.82, 2.24) is 20.3 Å². The van der Waals surface area contributed by atoms with E-state index in [0.29, 0.717) is 5.92 Å². The van der Waals surface area contributed by atoms with Gasteiger partial charge in [0.15, 0.2) is 0 Å². The zero-order chi connectivity index (χ0) is 14.4. The zero-order valence-electron chi connectivity index (χ0n) is 12.6. The third-order valence-corrected chi connectivity index (χ3v) is 3.14. The highest BCUT2D eigenvalue weighted by Gasteiger charge is 2.03. The van der Waals surface area contributed by atoms with Crippen LogP contribution in [0.3, 0.4) is 0 Å². The first-order chi connectivity index (χ1) is 9.69. The van der Waals surface area contributed by atoms with E-state index in [2.05, 4.69) is 60.7 Å². The lowest BCUT2D eigenvalue weighted by molar-refractivity contribution is 0.548. The Morgan fingerprint density at radius 3 is 2.60 bits per heavy atom. The van der Waals surface area contributed by atoms with Gasteiger partial charge in [0.05, 0.1) is 17.6 Å². The summed E-state index contributed by atoms with van der Waals surface area (Å²) in [5.41, 5.74) is 3.41. The highest BCUT2D eigenvalue weighted by molar-refractivity contribution is 5.33. The molecule has 108 valence electrons. The lowest BCUT2D eigenvalue weighted by atomic mass is 10.1. The molecule has 0 fully saturated rings. The number of nitrogens with one attached hydrogen (secondary N) is 1. The number of hydrogen-bond acceptors (Lipinski definition) is 3. The van der Waals surface area contributed by atoms with Gasteiger partial charge < -0.3 is 5.32 Å². The first kappa shape index (κ1) is 14.7. The molecule has 20 heavy (non-hydrogen) atoms. The quantitative estimate of drug-likeness (QED) is 0.842. The molecule has 0 aliphatic rings. The second kappa shape index (κ2) is 7.20. The van der Waals surface area contributed by atoms with Crippen LogP contribution in [0.15, 0.2) is 30.5 Å². The van der Waals surface area contributed by atoms with Crippen LogP contribution in [-0.4, -0.2) is 21.5 Å². The summed E-state index contributed by atoms with van der Waals surface area (Å²) in [5.74, 6) is 0.649. The van der Waals surface area contributed by atoms with Crippen LogP contribution in [0.5, 0.6) is 0 Å². The van der Waals surface area contributed by atoms with Crippen LogP contribution >= 0.6 is 0 Å². The molecule has 0 spiro atoms. The van der Waals surface area contributed by atoms with Gasteiger partial charge in [0.2, 0.25) is 0 Å². The summed E-state index contributed by atoms with van der Waals surface area (Å²) in [6.45, 7) is 8.36. The molecule has 2 rings (SSSR count). The van der Waals surface area contributed by atoms with Gasteiger partial charge in [-0.25, -0.2) is 4.68 Å². The predicted octanol–water partition coefficient (Wildman–Crippen LogP) is 2.97. The van der Waals surface area contributed by atoms with Crippen LogP contribution in [0.4, 0.5) is 0 Å². The Morgan fingerprint density at radius 1 is 1.20 bits per heavy atom. The Labute approximate surface area is 121 Å². The van der Waals surface area contributed by atoms with Gasteiger partial charge in [-0.05, 0) is 36.6 Å². The molecule has 0 saturated carbocycles. The molecular weight excluding hydrogens is 248 g/mol. The molecular formula is C16H24N4. The number of benzene rings is 1. The van der Waals surface area contributed by atoms with Gasteiger partial charge in [-0.3, -0.25) is 0 Å². The molecule has 0 saturated heterocycles. The van der Waals surface area contributed by atoms with Crippen LogP contribution in [0, 0.1) is 5.92 Å². The first-order valence-electron chi connectivity index (χ1n) is 7.40. The number of rotatable bonds is 7. The summed E-state index contributed by atoms with van der Waals surface area (Å²) in [7, 11) is 0. The Balaban J connectivity index is 1.97. The van der Waals surface area contributed by atoms with Crippen molar-refractivity contribution in [2.75, 3.05) is 6.54 Å². The van der Waals surface area contributed by atoms with E-state index in [0.717, 1.165) is 30.9 Å². The second-order valence-electron chi connectivity index (χ2n) is 5.60. The van der Waals surface area contributed by atoms with E-state index in [-0.39, 0.29) is 0 Å². The lowest BCUT2D eigenvalue weighted by Gasteiger charge is -2.04. The Hall–Kier alpha value is -1.68. The van der Waals surface area contributed by atoms with Crippen molar-refractivity contribution in [3.63, 3.8) is 0 Å². The van der Waals surface area contributed by atoms with E-state index in [1.54, 1.807) is 0 Å². The molecule has 0 bridgehead atoms. The number of nitrogens with zero attached hydrogens (tertiary/aromatic N) is 3. The van der Waals surface area contributed by atoms with Crippen molar-refractivity contribution in [2.24, 2.45) is 5.92 Å². The molecule has 1 N–H and O–H groups in total. The summed E-state index contributed by atoms with van der Waals surface area (Å²) in [4.78, 5) is 0. The van der Waals surface area contributed by atoms with E-state index < -0.39 is 0 Å². The maximum atomic E-state index is 4.20. The standard InChI is InChI=1S/C16H24N4/c1-4-5-14-6-8-16(9-7-14)20-12-15(18-19-20)11-17-10-13(2)3/h6-9,12-13,17H,4-5,10-11H2,1-3H3. The third kappa shape index (κ3) is 4.17. The van der Waals surface area contributed by atoms with E-state index in [9.17, 15) is 0 Å². The van der Waals surface area contributed by atoms with Gasteiger partial charge >= 0.3 is 0 Å². The normalized spacial score (nSPS) is 11.2. The second-order valence-corrected chi connectivity index (χ2v) is 5.60. The minimum Gasteiger partial charge on any atom is -0.311 e. The van der Waals surface area contributed by atoms with Crippen molar-refractivity contribution in [2.45, 2.75) is 40.2 Å².